The lowest BCUT2D eigenvalue weighted by molar-refractivity contribution is -0.127. The van der Waals surface area contributed by atoms with Crippen LogP contribution in [0, 0.1) is 0 Å². The molecule has 0 aliphatic rings. The number of pyridine rings is 1. The first-order valence-electron chi connectivity index (χ1n) is 8.30. The summed E-state index contributed by atoms with van der Waals surface area (Å²) in [5, 5.41) is 21.8. The van der Waals surface area contributed by atoms with Crippen LogP contribution in [0.5, 0.6) is 0 Å². The zero-order valence-electron chi connectivity index (χ0n) is 14.1. The molecule has 2 N–H and O–H groups in total. The lowest BCUT2D eigenvalue weighted by Gasteiger charge is -2.27. The van der Waals surface area contributed by atoms with Crippen molar-refractivity contribution < 1.29 is 9.90 Å². The Kier molecular flexibility index (Phi) is 5.71. The molecule has 6 nitrogen and oxygen atoms in total. The summed E-state index contributed by atoms with van der Waals surface area (Å²) in [6.07, 6.45) is 4.98. The van der Waals surface area contributed by atoms with Crippen LogP contribution in [-0.2, 0) is 4.79 Å². The van der Waals surface area contributed by atoms with Crippen molar-refractivity contribution in [3.8, 4) is 0 Å². The Labute approximate surface area is 136 Å². The molecule has 1 amide bonds. The van der Waals surface area contributed by atoms with Crippen molar-refractivity contribution in [1.82, 2.24) is 19.9 Å². The number of rotatable bonds is 8. The first kappa shape index (κ1) is 17.4. The molecule has 0 aliphatic carbocycles. The fraction of sp³-hybridized carbons (Fsp3) is 0.588. The molecule has 0 aromatic carbocycles. The number of carbonyl (C=O) groups excluding carboxylic acids is 1. The molecule has 2 rings (SSSR count). The maximum absolute atomic E-state index is 12.3. The summed E-state index contributed by atoms with van der Waals surface area (Å²) in [5.74, 6) is 0.526. The summed E-state index contributed by atoms with van der Waals surface area (Å²) < 4.78 is 1.86. The number of carbonyl (C=O) groups is 1. The van der Waals surface area contributed by atoms with E-state index in [1.54, 1.807) is 0 Å². The number of hydrogen-bond acceptors (Lipinski definition) is 4. The summed E-state index contributed by atoms with van der Waals surface area (Å²) in [5.41, 5.74) is -0.169. The Balaban J connectivity index is 2.04. The van der Waals surface area contributed by atoms with E-state index in [0.29, 0.717) is 18.7 Å². The molecule has 23 heavy (non-hydrogen) atoms. The smallest absolute Gasteiger partial charge is 0.223 e. The van der Waals surface area contributed by atoms with Crippen molar-refractivity contribution >= 4 is 11.6 Å². The molecular weight excluding hydrogens is 292 g/mol. The second kappa shape index (κ2) is 7.55. The molecule has 1 atom stereocenters. The predicted octanol–water partition coefficient (Wildman–Crippen LogP) is 2.63. The number of nitrogens with one attached hydrogen (secondary N) is 1. The fourth-order valence-electron chi connectivity index (χ4n) is 3.04. The van der Waals surface area contributed by atoms with Crippen LogP contribution in [0.15, 0.2) is 24.4 Å². The summed E-state index contributed by atoms with van der Waals surface area (Å²) in [6.45, 7) is 5.91. The second-order valence-corrected chi connectivity index (χ2v) is 6.18. The molecule has 0 saturated heterocycles. The molecule has 0 saturated carbocycles. The summed E-state index contributed by atoms with van der Waals surface area (Å²) in [7, 11) is 0. The minimum absolute atomic E-state index is 0.121. The fourth-order valence-corrected chi connectivity index (χ4v) is 3.04. The molecule has 1 unspecified atom stereocenters. The van der Waals surface area contributed by atoms with Crippen LogP contribution in [0.3, 0.4) is 0 Å². The van der Waals surface area contributed by atoms with Crippen LogP contribution in [0.4, 0.5) is 0 Å². The molecule has 0 aliphatic heterocycles. The van der Waals surface area contributed by atoms with Gasteiger partial charge in [-0.3, -0.25) is 9.20 Å². The second-order valence-electron chi connectivity index (χ2n) is 6.18. The predicted molar refractivity (Wildman–Crippen MR) is 88.9 cm³/mol. The third kappa shape index (κ3) is 4.28. The third-order valence-electron chi connectivity index (χ3n) is 4.03. The largest absolute Gasteiger partial charge is 0.389 e. The summed E-state index contributed by atoms with van der Waals surface area (Å²) in [6, 6.07) is 5.39. The summed E-state index contributed by atoms with van der Waals surface area (Å²) in [4.78, 5) is 12.3. The SMILES string of the molecule is CCCC(O)(CCC)CC(=O)NC(C)c1nnc2ccccn12. The average Bonchev–Trinajstić information content (AvgIpc) is 2.91. The van der Waals surface area contributed by atoms with Gasteiger partial charge in [-0.15, -0.1) is 10.2 Å². The van der Waals surface area contributed by atoms with Crippen molar-refractivity contribution in [3.63, 3.8) is 0 Å². The molecule has 0 radical (unpaired) electrons. The van der Waals surface area contributed by atoms with Crippen LogP contribution in [-0.4, -0.2) is 31.2 Å². The van der Waals surface area contributed by atoms with Gasteiger partial charge in [-0.2, -0.15) is 0 Å². The van der Waals surface area contributed by atoms with E-state index in [-0.39, 0.29) is 18.4 Å². The van der Waals surface area contributed by atoms with Gasteiger partial charge in [-0.1, -0.05) is 32.8 Å². The molecule has 6 heteroatoms. The highest BCUT2D eigenvalue weighted by Gasteiger charge is 2.29. The first-order valence-corrected chi connectivity index (χ1v) is 8.30. The van der Waals surface area contributed by atoms with Gasteiger partial charge in [0.2, 0.25) is 5.91 Å². The Hall–Kier alpha value is -1.95. The van der Waals surface area contributed by atoms with Crippen molar-refractivity contribution in [3.05, 3.63) is 30.2 Å². The van der Waals surface area contributed by atoms with Crippen molar-refractivity contribution in [2.24, 2.45) is 0 Å². The highest BCUT2D eigenvalue weighted by Crippen LogP contribution is 2.24. The topological polar surface area (TPSA) is 79.5 Å². The Bertz CT molecular complexity index is 647. The highest BCUT2D eigenvalue weighted by molar-refractivity contribution is 5.77. The minimum atomic E-state index is -0.916. The number of nitrogens with zero attached hydrogens (tertiary/aromatic N) is 3. The Morgan fingerprint density at radius 1 is 1.30 bits per heavy atom. The minimum Gasteiger partial charge on any atom is -0.389 e. The van der Waals surface area contributed by atoms with E-state index in [9.17, 15) is 9.90 Å². The number of fused-ring (bicyclic) bond motifs is 1. The van der Waals surface area contributed by atoms with Crippen molar-refractivity contribution in [2.75, 3.05) is 0 Å². The maximum atomic E-state index is 12.3. The molecule has 0 fully saturated rings. The van der Waals surface area contributed by atoms with Gasteiger partial charge in [0.05, 0.1) is 18.1 Å². The van der Waals surface area contributed by atoms with Gasteiger partial charge >= 0.3 is 0 Å². The first-order chi connectivity index (χ1) is 11.0. The van der Waals surface area contributed by atoms with Crippen LogP contribution in [0.2, 0.25) is 0 Å². The zero-order chi connectivity index (χ0) is 16.9. The standard InChI is InChI=1S/C17H26N4O2/c1-4-9-17(23,10-5-2)12-15(22)18-13(3)16-20-19-14-8-6-7-11-21(14)16/h6-8,11,13,23H,4-5,9-10,12H2,1-3H3,(H,18,22). The van der Waals surface area contributed by atoms with E-state index >= 15 is 0 Å². The zero-order valence-corrected chi connectivity index (χ0v) is 14.1. The summed E-state index contributed by atoms with van der Waals surface area (Å²) >= 11 is 0. The van der Waals surface area contributed by atoms with Crippen LogP contribution >= 0.6 is 0 Å². The molecule has 126 valence electrons. The van der Waals surface area contributed by atoms with Crippen molar-refractivity contribution in [1.29, 1.82) is 0 Å². The van der Waals surface area contributed by atoms with Gasteiger partial charge in [-0.25, -0.2) is 0 Å². The normalized spacial score (nSPS) is 13.2. The van der Waals surface area contributed by atoms with Gasteiger partial charge in [-0.05, 0) is 31.9 Å². The highest BCUT2D eigenvalue weighted by atomic mass is 16.3. The van der Waals surface area contributed by atoms with E-state index in [0.717, 1.165) is 18.5 Å². The van der Waals surface area contributed by atoms with Gasteiger partial charge in [0.1, 0.15) is 0 Å². The molecule has 0 bridgehead atoms. The number of hydrogen-bond donors (Lipinski definition) is 2. The van der Waals surface area contributed by atoms with E-state index in [2.05, 4.69) is 15.5 Å². The van der Waals surface area contributed by atoms with Gasteiger partial charge in [0.15, 0.2) is 11.5 Å². The van der Waals surface area contributed by atoms with E-state index in [4.69, 9.17) is 0 Å². The van der Waals surface area contributed by atoms with Crippen LogP contribution < -0.4 is 5.32 Å². The van der Waals surface area contributed by atoms with Gasteiger partial charge in [0.25, 0.3) is 0 Å². The number of amides is 1. The van der Waals surface area contributed by atoms with Gasteiger partial charge < -0.3 is 10.4 Å². The van der Waals surface area contributed by atoms with E-state index < -0.39 is 5.60 Å². The lowest BCUT2D eigenvalue weighted by Crippen LogP contribution is -2.38. The number of aliphatic hydroxyl groups is 1. The molecule has 0 spiro atoms. The number of aromatic nitrogens is 3. The molecule has 2 aromatic rings. The molecule has 2 aromatic heterocycles. The Morgan fingerprint density at radius 2 is 2.00 bits per heavy atom. The van der Waals surface area contributed by atoms with E-state index in [1.165, 1.54) is 0 Å². The molecular formula is C17H26N4O2. The van der Waals surface area contributed by atoms with Crippen LogP contribution in [0.25, 0.3) is 5.65 Å². The quantitative estimate of drug-likeness (QED) is 0.784. The molecule has 2 heterocycles. The Morgan fingerprint density at radius 3 is 2.65 bits per heavy atom. The van der Waals surface area contributed by atoms with Crippen LogP contribution in [0.1, 0.15) is 64.7 Å². The lowest BCUT2D eigenvalue weighted by atomic mass is 9.89. The van der Waals surface area contributed by atoms with Gasteiger partial charge in [0, 0.05) is 6.20 Å². The maximum Gasteiger partial charge on any atom is 0.223 e. The third-order valence-corrected chi connectivity index (χ3v) is 4.03. The average molecular weight is 318 g/mol. The monoisotopic (exact) mass is 318 g/mol. The van der Waals surface area contributed by atoms with E-state index in [1.807, 2.05) is 49.6 Å². The van der Waals surface area contributed by atoms with Crippen molar-refractivity contribution in [2.45, 2.75) is 64.5 Å².